The molecule has 33 heavy (non-hydrogen) atoms. The van der Waals surface area contributed by atoms with E-state index in [1.165, 1.54) is 38.5 Å². The second kappa shape index (κ2) is 12.9. The van der Waals surface area contributed by atoms with Crippen LogP contribution in [0.1, 0.15) is 109 Å². The molecule has 3 aliphatic carbocycles. The van der Waals surface area contributed by atoms with Crippen LogP contribution in [0.15, 0.2) is 24.8 Å². The topological polar surface area (TPSA) is 9.23 Å². The molecule has 1 nitrogen and oxygen atoms in total. The highest BCUT2D eigenvalue weighted by Gasteiger charge is 2.31. The van der Waals surface area contributed by atoms with E-state index in [2.05, 4.69) is 19.6 Å². The van der Waals surface area contributed by atoms with E-state index >= 15 is 0 Å². The Morgan fingerprint density at radius 3 is 1.97 bits per heavy atom. The Balaban J connectivity index is 0.00000149. The van der Waals surface area contributed by atoms with Gasteiger partial charge >= 0.3 is 0 Å². The molecule has 186 valence electrons. The fourth-order valence-electron chi connectivity index (χ4n) is 6.43. The summed E-state index contributed by atoms with van der Waals surface area (Å²) in [4.78, 5) is 0. The maximum Gasteiger partial charge on any atom is 0.200 e. The van der Waals surface area contributed by atoms with Crippen molar-refractivity contribution in [1.82, 2.24) is 0 Å². The molecule has 4 rings (SSSR count). The predicted molar refractivity (Wildman–Crippen MR) is 135 cm³/mol. The number of hydrogen-bond donors (Lipinski definition) is 0. The Bertz CT molecular complexity index is 721. The van der Waals surface area contributed by atoms with Crippen molar-refractivity contribution in [2.75, 3.05) is 6.61 Å². The zero-order valence-corrected chi connectivity index (χ0v) is 21.3. The Kier molecular flexibility index (Phi) is 10.3. The third-order valence-corrected chi connectivity index (χ3v) is 8.71. The van der Waals surface area contributed by atoms with Crippen molar-refractivity contribution in [2.24, 2.45) is 29.6 Å². The van der Waals surface area contributed by atoms with Gasteiger partial charge in [-0.3, -0.25) is 0 Å². The molecule has 3 fully saturated rings. The molecule has 0 aromatic heterocycles. The average molecular weight is 461 g/mol. The molecule has 0 bridgehead atoms. The van der Waals surface area contributed by atoms with Crippen LogP contribution in [0.2, 0.25) is 0 Å². The second-order valence-electron chi connectivity index (χ2n) is 10.7. The molecule has 0 aliphatic heterocycles. The summed E-state index contributed by atoms with van der Waals surface area (Å²) < 4.78 is 35.3. The van der Waals surface area contributed by atoms with E-state index in [0.29, 0.717) is 24.0 Å². The van der Waals surface area contributed by atoms with Crippen molar-refractivity contribution in [3.63, 3.8) is 0 Å². The van der Waals surface area contributed by atoms with Gasteiger partial charge in [0.1, 0.15) is 0 Å². The van der Waals surface area contributed by atoms with Gasteiger partial charge in [0.2, 0.25) is 5.82 Å². The summed E-state index contributed by atoms with van der Waals surface area (Å²) >= 11 is 0. The van der Waals surface area contributed by atoms with Crippen molar-refractivity contribution in [2.45, 2.75) is 104 Å². The largest absolute Gasteiger partial charge is 0.490 e. The normalized spacial score (nSPS) is 32.4. The average Bonchev–Trinajstić information content (AvgIpc) is 2.87. The SMILES string of the molecule is C=CC1CCC(C2CCC(COc3ccc(C4CCC(C)CC4)c(F)c3F)CC2)CC1.CC. The van der Waals surface area contributed by atoms with Crippen molar-refractivity contribution < 1.29 is 13.5 Å². The maximum absolute atomic E-state index is 14.8. The lowest BCUT2D eigenvalue weighted by Gasteiger charge is -2.37. The third-order valence-electron chi connectivity index (χ3n) is 8.71. The molecule has 3 heteroatoms. The number of rotatable bonds is 6. The van der Waals surface area contributed by atoms with Crippen molar-refractivity contribution >= 4 is 0 Å². The lowest BCUT2D eigenvalue weighted by Crippen LogP contribution is -2.27. The smallest absolute Gasteiger partial charge is 0.200 e. The summed E-state index contributed by atoms with van der Waals surface area (Å²) in [7, 11) is 0. The van der Waals surface area contributed by atoms with E-state index in [9.17, 15) is 8.78 Å². The van der Waals surface area contributed by atoms with Gasteiger partial charge in [0, 0.05) is 0 Å². The van der Waals surface area contributed by atoms with E-state index in [1.807, 2.05) is 13.8 Å². The minimum absolute atomic E-state index is 0.0929. The molecule has 1 aromatic carbocycles. The van der Waals surface area contributed by atoms with E-state index in [-0.39, 0.29) is 11.7 Å². The van der Waals surface area contributed by atoms with Gasteiger partial charge in [0.15, 0.2) is 11.6 Å². The summed E-state index contributed by atoms with van der Waals surface area (Å²) in [5.41, 5.74) is 0.545. The Labute approximate surface area is 201 Å². The highest BCUT2D eigenvalue weighted by molar-refractivity contribution is 5.33. The molecule has 0 heterocycles. The zero-order valence-electron chi connectivity index (χ0n) is 21.3. The van der Waals surface area contributed by atoms with Crippen LogP contribution in [-0.4, -0.2) is 6.61 Å². The first-order valence-electron chi connectivity index (χ1n) is 13.8. The van der Waals surface area contributed by atoms with Gasteiger partial charge < -0.3 is 4.74 Å². The molecule has 0 N–H and O–H groups in total. The highest BCUT2D eigenvalue weighted by Crippen LogP contribution is 2.42. The van der Waals surface area contributed by atoms with E-state index < -0.39 is 11.6 Å². The number of allylic oxidation sites excluding steroid dienone is 1. The number of hydrogen-bond acceptors (Lipinski definition) is 1. The van der Waals surface area contributed by atoms with Gasteiger partial charge in [0.05, 0.1) is 6.61 Å². The number of halogens is 2. The third kappa shape index (κ3) is 6.83. The first kappa shape index (κ1) is 26.2. The molecule has 0 atom stereocenters. The van der Waals surface area contributed by atoms with Gasteiger partial charge in [-0.05, 0) is 111 Å². The Hall–Kier alpha value is -1.38. The molecule has 1 aromatic rings. The highest BCUT2D eigenvalue weighted by atomic mass is 19.2. The predicted octanol–water partition coefficient (Wildman–Crippen LogP) is 9.46. The lowest BCUT2D eigenvalue weighted by molar-refractivity contribution is 0.127. The fourth-order valence-corrected chi connectivity index (χ4v) is 6.43. The minimum atomic E-state index is -0.788. The molecule has 0 amide bonds. The summed E-state index contributed by atoms with van der Waals surface area (Å²) in [5.74, 6) is 2.37. The second-order valence-corrected chi connectivity index (χ2v) is 10.7. The minimum Gasteiger partial charge on any atom is -0.490 e. The molecule has 0 saturated heterocycles. The van der Waals surface area contributed by atoms with Gasteiger partial charge in [-0.15, -0.1) is 6.58 Å². The molecule has 3 saturated carbocycles. The zero-order chi connectivity index (χ0) is 23.8. The van der Waals surface area contributed by atoms with Crippen molar-refractivity contribution in [1.29, 1.82) is 0 Å². The molecule has 0 radical (unpaired) electrons. The maximum atomic E-state index is 14.8. The van der Waals surface area contributed by atoms with E-state index in [0.717, 1.165) is 56.3 Å². The Morgan fingerprint density at radius 1 is 0.818 bits per heavy atom. The summed E-state index contributed by atoms with van der Waals surface area (Å²) in [6.07, 6.45) is 16.4. The molecular formula is C30H46F2O. The van der Waals surface area contributed by atoms with Gasteiger partial charge in [-0.1, -0.05) is 45.8 Å². The molecule has 3 aliphatic rings. The van der Waals surface area contributed by atoms with Gasteiger partial charge in [-0.2, -0.15) is 4.39 Å². The Morgan fingerprint density at radius 2 is 1.39 bits per heavy atom. The first-order chi connectivity index (χ1) is 16.0. The summed E-state index contributed by atoms with van der Waals surface area (Å²) in [5, 5.41) is 0. The molecule has 0 spiro atoms. The first-order valence-corrected chi connectivity index (χ1v) is 13.8. The van der Waals surface area contributed by atoms with Crippen LogP contribution in [0, 0.1) is 41.2 Å². The van der Waals surface area contributed by atoms with Crippen molar-refractivity contribution in [3.05, 3.63) is 42.0 Å². The van der Waals surface area contributed by atoms with Crippen LogP contribution < -0.4 is 4.74 Å². The fraction of sp³-hybridized carbons (Fsp3) is 0.733. The van der Waals surface area contributed by atoms with Crippen LogP contribution in [0.25, 0.3) is 0 Å². The quantitative estimate of drug-likeness (QED) is 0.384. The van der Waals surface area contributed by atoms with Crippen LogP contribution in [0.3, 0.4) is 0 Å². The van der Waals surface area contributed by atoms with Gasteiger partial charge in [-0.25, -0.2) is 4.39 Å². The van der Waals surface area contributed by atoms with E-state index in [1.54, 1.807) is 12.1 Å². The number of ether oxygens (including phenoxy) is 1. The van der Waals surface area contributed by atoms with Crippen molar-refractivity contribution in [3.8, 4) is 5.75 Å². The summed E-state index contributed by atoms with van der Waals surface area (Å²) in [6, 6.07) is 3.43. The van der Waals surface area contributed by atoms with Crippen LogP contribution in [0.4, 0.5) is 8.78 Å². The van der Waals surface area contributed by atoms with Gasteiger partial charge in [0.25, 0.3) is 0 Å². The number of benzene rings is 1. The monoisotopic (exact) mass is 460 g/mol. The van der Waals surface area contributed by atoms with Crippen LogP contribution >= 0.6 is 0 Å². The molecular weight excluding hydrogens is 414 g/mol. The standard InChI is InChI=1S/C28H40F2O.C2H6/c1-3-20-6-12-22(13-7-20)23-14-8-21(9-15-23)18-31-26-17-16-25(27(29)28(26)30)24-10-4-19(2)5-11-24;1-2/h3,16-17,19-24H,1,4-15,18H2,2H3;1-2H3. The lowest BCUT2D eigenvalue weighted by atomic mass is 9.69. The molecule has 0 unspecified atom stereocenters. The van der Waals surface area contributed by atoms with E-state index in [4.69, 9.17) is 4.74 Å². The summed E-state index contributed by atoms with van der Waals surface area (Å²) in [6.45, 7) is 10.7. The van der Waals surface area contributed by atoms with Crippen LogP contribution in [0.5, 0.6) is 5.75 Å². The van der Waals surface area contributed by atoms with Crippen LogP contribution in [-0.2, 0) is 0 Å².